The zero-order chi connectivity index (χ0) is 35.8. The number of methoxy groups -OCH3 is 1. The van der Waals surface area contributed by atoms with Crippen LogP contribution < -0.4 is 5.32 Å². The molecular weight excluding hydrogens is 614 g/mol. The van der Waals surface area contributed by atoms with Gasteiger partial charge in [-0.2, -0.15) is 0 Å². The zero-order valence-electron chi connectivity index (χ0n) is 31.4. The minimum Gasteiger partial charge on any atom is -0.467 e. The van der Waals surface area contributed by atoms with Gasteiger partial charge in [0.1, 0.15) is 12.6 Å². The van der Waals surface area contributed by atoms with Gasteiger partial charge in [-0.15, -0.1) is 0 Å². The predicted molar refractivity (Wildman–Crippen MR) is 189 cm³/mol. The topological polar surface area (TPSA) is 98.8 Å². The number of rotatable bonds is 6. The Hall–Kier alpha value is -2.96. The second kappa shape index (κ2) is 12.1. The lowest BCUT2D eigenvalue weighted by Gasteiger charge is -2.70. The summed E-state index contributed by atoms with van der Waals surface area (Å²) < 4.78 is 10.8. The van der Waals surface area contributed by atoms with Crippen molar-refractivity contribution in [2.75, 3.05) is 7.11 Å². The maximum Gasteiger partial charge on any atom is 0.328 e. The molecule has 10 atom stereocenters. The molecule has 6 rings (SSSR count). The van der Waals surface area contributed by atoms with E-state index >= 15 is 0 Å². The first-order valence-electron chi connectivity index (χ1n) is 18.7. The number of benzene rings is 1. The van der Waals surface area contributed by atoms with Crippen molar-refractivity contribution < 1.29 is 28.7 Å². The Balaban J connectivity index is 1.29. The van der Waals surface area contributed by atoms with Crippen LogP contribution in [0.3, 0.4) is 0 Å². The van der Waals surface area contributed by atoms with Gasteiger partial charge in [0.15, 0.2) is 5.78 Å². The number of nitrogens with one attached hydrogen (secondary N) is 1. The van der Waals surface area contributed by atoms with Crippen LogP contribution in [0.4, 0.5) is 0 Å². The molecule has 49 heavy (non-hydrogen) atoms. The molecule has 5 aliphatic carbocycles. The minimum absolute atomic E-state index is 0.0455. The van der Waals surface area contributed by atoms with Crippen LogP contribution in [0.1, 0.15) is 119 Å². The van der Waals surface area contributed by atoms with E-state index in [1.807, 2.05) is 36.4 Å². The summed E-state index contributed by atoms with van der Waals surface area (Å²) in [6.45, 7) is 18.0. The number of carbonyl (C=O) groups excluding carboxylic acids is 4. The van der Waals surface area contributed by atoms with Gasteiger partial charge in [-0.1, -0.05) is 77.4 Å². The van der Waals surface area contributed by atoms with Gasteiger partial charge in [0.25, 0.3) is 0 Å². The fraction of sp³-hybridized carbons (Fsp3) is 0.714. The molecule has 0 radical (unpaired) electrons. The lowest BCUT2D eigenvalue weighted by Crippen LogP contribution is -2.66. The van der Waals surface area contributed by atoms with Gasteiger partial charge < -0.3 is 14.8 Å². The zero-order valence-corrected chi connectivity index (χ0v) is 31.4. The van der Waals surface area contributed by atoms with E-state index in [2.05, 4.69) is 53.8 Å². The third-order valence-corrected chi connectivity index (χ3v) is 15.5. The lowest BCUT2D eigenvalue weighted by atomic mass is 9.33. The van der Waals surface area contributed by atoms with Gasteiger partial charge in [-0.05, 0) is 122 Å². The number of esters is 2. The molecule has 7 nitrogen and oxygen atoms in total. The molecule has 4 fully saturated rings. The summed E-state index contributed by atoms with van der Waals surface area (Å²) in [6.07, 6.45) is 9.98. The molecule has 0 bridgehead atoms. The molecule has 1 aromatic rings. The van der Waals surface area contributed by atoms with Gasteiger partial charge in [-0.25, -0.2) is 4.79 Å². The van der Waals surface area contributed by atoms with E-state index in [-0.39, 0.29) is 75.0 Å². The first kappa shape index (κ1) is 35.9. The SMILES string of the molecule is COC(=O)[C@H](C)NC(=O)[C@H]1CC[C@]2(C)[C@H]3C(=O)C=C4[C@@H]5C[C@@](C)(C(=O)OCc6ccccc6)CC[C@]5(C)CC[C@@]4(C)[C@]3(C)CC[C@H]2C1(C)C. The number of amides is 1. The Morgan fingerprint density at radius 2 is 1.57 bits per heavy atom. The van der Waals surface area contributed by atoms with Crippen LogP contribution in [-0.4, -0.2) is 36.8 Å². The summed E-state index contributed by atoms with van der Waals surface area (Å²) >= 11 is 0. The normalized spacial score (nSPS) is 41.4. The van der Waals surface area contributed by atoms with Crippen LogP contribution in [-0.2, 0) is 35.3 Å². The number of ether oxygens (including phenoxy) is 2. The summed E-state index contributed by atoms with van der Waals surface area (Å²) in [5.74, 6) is -0.498. The van der Waals surface area contributed by atoms with Crippen molar-refractivity contribution in [2.24, 2.45) is 56.2 Å². The van der Waals surface area contributed by atoms with Gasteiger partial charge >= 0.3 is 11.9 Å². The van der Waals surface area contributed by atoms with Crippen LogP contribution in [0, 0.1) is 56.2 Å². The molecular formula is C42H59NO6. The molecule has 1 N–H and O–H groups in total. The molecule has 7 heteroatoms. The van der Waals surface area contributed by atoms with E-state index < -0.39 is 17.4 Å². The van der Waals surface area contributed by atoms with Crippen molar-refractivity contribution >= 4 is 23.6 Å². The van der Waals surface area contributed by atoms with E-state index in [0.717, 1.165) is 50.5 Å². The van der Waals surface area contributed by atoms with Gasteiger partial charge in [0.05, 0.1) is 12.5 Å². The average Bonchev–Trinajstić information content (AvgIpc) is 3.05. The molecule has 0 unspecified atom stereocenters. The number of carbonyl (C=O) groups is 4. The minimum atomic E-state index is -0.705. The van der Waals surface area contributed by atoms with Crippen LogP contribution >= 0.6 is 0 Å². The maximum atomic E-state index is 14.8. The molecule has 0 aliphatic heterocycles. The van der Waals surface area contributed by atoms with Gasteiger partial charge in [0, 0.05) is 11.8 Å². The Morgan fingerprint density at radius 1 is 0.898 bits per heavy atom. The quantitative estimate of drug-likeness (QED) is 0.307. The molecule has 1 aromatic carbocycles. The molecule has 5 aliphatic rings. The van der Waals surface area contributed by atoms with E-state index in [9.17, 15) is 19.2 Å². The number of ketones is 1. The number of hydrogen-bond donors (Lipinski definition) is 1. The van der Waals surface area contributed by atoms with Crippen LogP contribution in [0.5, 0.6) is 0 Å². The summed E-state index contributed by atoms with van der Waals surface area (Å²) in [6, 6.07) is 9.16. The van der Waals surface area contributed by atoms with E-state index in [4.69, 9.17) is 9.47 Å². The molecule has 0 aromatic heterocycles. The third-order valence-electron chi connectivity index (χ3n) is 15.5. The van der Waals surface area contributed by atoms with Crippen molar-refractivity contribution in [3.63, 3.8) is 0 Å². The summed E-state index contributed by atoms with van der Waals surface area (Å²) in [7, 11) is 1.34. The fourth-order valence-corrected chi connectivity index (χ4v) is 12.3. The van der Waals surface area contributed by atoms with Crippen molar-refractivity contribution in [3.8, 4) is 0 Å². The molecule has 1 amide bonds. The Labute approximate surface area is 293 Å². The van der Waals surface area contributed by atoms with E-state index in [0.29, 0.717) is 12.8 Å². The maximum absolute atomic E-state index is 14.8. The summed E-state index contributed by atoms with van der Waals surface area (Å²) in [4.78, 5) is 54.3. The average molecular weight is 674 g/mol. The monoisotopic (exact) mass is 673 g/mol. The third kappa shape index (κ3) is 5.42. The van der Waals surface area contributed by atoms with Gasteiger partial charge in [-0.3, -0.25) is 14.4 Å². The van der Waals surface area contributed by atoms with Gasteiger partial charge in [0.2, 0.25) is 5.91 Å². The number of hydrogen-bond acceptors (Lipinski definition) is 6. The van der Waals surface area contributed by atoms with Crippen molar-refractivity contribution in [1.29, 1.82) is 0 Å². The molecule has 0 spiro atoms. The second-order valence-electron chi connectivity index (χ2n) is 18.5. The lowest BCUT2D eigenvalue weighted by molar-refractivity contribution is -0.195. The highest BCUT2D eigenvalue weighted by atomic mass is 16.5. The summed E-state index contributed by atoms with van der Waals surface area (Å²) in [5, 5.41) is 2.92. The molecule has 268 valence electrons. The van der Waals surface area contributed by atoms with Crippen molar-refractivity contribution in [1.82, 2.24) is 5.32 Å². The smallest absolute Gasteiger partial charge is 0.328 e. The standard InChI is InChI=1S/C42H59NO6/c1-26(35(46)48-9)43-34(45)28-15-17-40(6)32(37(28,2)3)16-18-42(8)33(40)31(44)23-29-30-24-39(5,20-19-38(30,4)21-22-41(29,42)7)36(47)49-25-27-13-11-10-12-14-27/h10-14,23,26,28,30,32-33H,15-22,24-25H2,1-9H3,(H,43,45)/t26-,28+,30-,32-,33+,38+,39-,40-,41+,42+/m0/s1. The van der Waals surface area contributed by atoms with Crippen LogP contribution in [0.2, 0.25) is 0 Å². The first-order valence-corrected chi connectivity index (χ1v) is 18.7. The number of allylic oxidation sites excluding steroid dienone is 2. The molecule has 0 heterocycles. The van der Waals surface area contributed by atoms with Crippen molar-refractivity contribution in [3.05, 3.63) is 47.5 Å². The highest BCUT2D eigenvalue weighted by Gasteiger charge is 2.70. The Bertz CT molecular complexity index is 1550. The summed E-state index contributed by atoms with van der Waals surface area (Å²) in [5.41, 5.74) is 0.709. The van der Waals surface area contributed by atoms with Crippen LogP contribution in [0.15, 0.2) is 42.0 Å². The highest BCUT2D eigenvalue weighted by molar-refractivity contribution is 5.96. The van der Waals surface area contributed by atoms with E-state index in [1.165, 1.54) is 12.7 Å². The largest absolute Gasteiger partial charge is 0.467 e. The Morgan fingerprint density at radius 3 is 2.24 bits per heavy atom. The highest BCUT2D eigenvalue weighted by Crippen LogP contribution is 2.75. The molecule has 4 saturated carbocycles. The predicted octanol–water partition coefficient (Wildman–Crippen LogP) is 8.00. The second-order valence-corrected chi connectivity index (χ2v) is 18.5. The molecule has 0 saturated heterocycles. The fourth-order valence-electron chi connectivity index (χ4n) is 12.3. The van der Waals surface area contributed by atoms with Crippen molar-refractivity contribution in [2.45, 2.75) is 126 Å². The number of fused-ring (bicyclic) bond motifs is 7. The van der Waals surface area contributed by atoms with Crippen LogP contribution in [0.25, 0.3) is 0 Å². The first-order chi connectivity index (χ1) is 22.9. The van der Waals surface area contributed by atoms with E-state index in [1.54, 1.807) is 6.92 Å². The Kier molecular flexibility index (Phi) is 8.84.